The highest BCUT2D eigenvalue weighted by Crippen LogP contribution is 2.32. The molecular formula is C17H14N4O5. The molecule has 9 heteroatoms. The van der Waals surface area contributed by atoms with E-state index in [1.54, 1.807) is 18.3 Å². The van der Waals surface area contributed by atoms with Gasteiger partial charge in [-0.3, -0.25) is 19.6 Å². The van der Waals surface area contributed by atoms with E-state index in [9.17, 15) is 14.9 Å². The van der Waals surface area contributed by atoms with Gasteiger partial charge in [0, 0.05) is 24.1 Å². The Morgan fingerprint density at radius 2 is 2.08 bits per heavy atom. The largest absolute Gasteiger partial charge is 0.454 e. The first-order valence-corrected chi connectivity index (χ1v) is 7.85. The van der Waals surface area contributed by atoms with E-state index >= 15 is 0 Å². The Morgan fingerprint density at radius 3 is 2.92 bits per heavy atom. The molecule has 2 aromatic carbocycles. The molecule has 26 heavy (non-hydrogen) atoms. The molecule has 0 spiro atoms. The molecule has 1 N–H and O–H groups in total. The van der Waals surface area contributed by atoms with Gasteiger partial charge in [-0.05, 0) is 23.8 Å². The number of benzene rings is 2. The second-order valence-corrected chi connectivity index (χ2v) is 5.77. The van der Waals surface area contributed by atoms with E-state index in [-0.39, 0.29) is 24.9 Å². The number of rotatable bonds is 5. The number of nitro groups is 1. The smallest absolute Gasteiger partial charge is 0.271 e. The van der Waals surface area contributed by atoms with Crippen molar-refractivity contribution in [2.24, 2.45) is 0 Å². The van der Waals surface area contributed by atoms with Gasteiger partial charge in [-0.2, -0.15) is 5.10 Å². The third kappa shape index (κ3) is 3.02. The fraction of sp³-hybridized carbons (Fsp3) is 0.176. The highest BCUT2D eigenvalue weighted by Gasteiger charge is 2.14. The summed E-state index contributed by atoms with van der Waals surface area (Å²) in [7, 11) is 0. The molecule has 132 valence electrons. The number of ether oxygens (including phenoxy) is 2. The number of nitrogens with zero attached hydrogens (tertiary/aromatic N) is 3. The third-order valence-corrected chi connectivity index (χ3v) is 4.06. The molecule has 0 fully saturated rings. The van der Waals surface area contributed by atoms with Gasteiger partial charge in [-0.25, -0.2) is 0 Å². The standard InChI is InChI=1S/C17H14N4O5/c22-17(18-7-11-1-4-15-16(5-11)26-10-25-15)9-20-14-6-13(21(23)24)3-2-12(14)8-19-20/h1-6,8H,7,9-10H2,(H,18,22). The van der Waals surface area contributed by atoms with Gasteiger partial charge in [-0.15, -0.1) is 0 Å². The molecule has 0 bridgehead atoms. The summed E-state index contributed by atoms with van der Waals surface area (Å²) >= 11 is 0. The summed E-state index contributed by atoms with van der Waals surface area (Å²) < 4.78 is 12.0. The van der Waals surface area contributed by atoms with E-state index in [0.29, 0.717) is 23.6 Å². The molecular weight excluding hydrogens is 340 g/mol. The number of hydrogen-bond donors (Lipinski definition) is 1. The molecule has 1 aromatic heterocycles. The summed E-state index contributed by atoms with van der Waals surface area (Å²) in [6.45, 7) is 0.494. The first-order valence-electron chi connectivity index (χ1n) is 7.85. The van der Waals surface area contributed by atoms with Gasteiger partial charge in [0.15, 0.2) is 11.5 Å². The van der Waals surface area contributed by atoms with E-state index < -0.39 is 4.92 Å². The van der Waals surface area contributed by atoms with Crippen LogP contribution in [0.1, 0.15) is 5.56 Å². The second-order valence-electron chi connectivity index (χ2n) is 5.77. The fourth-order valence-corrected chi connectivity index (χ4v) is 2.74. The van der Waals surface area contributed by atoms with Crippen LogP contribution in [-0.2, 0) is 17.9 Å². The predicted molar refractivity (Wildman–Crippen MR) is 90.8 cm³/mol. The van der Waals surface area contributed by atoms with Crippen LogP contribution >= 0.6 is 0 Å². The summed E-state index contributed by atoms with van der Waals surface area (Å²) in [6.07, 6.45) is 1.57. The minimum Gasteiger partial charge on any atom is -0.454 e. The Morgan fingerprint density at radius 1 is 1.23 bits per heavy atom. The van der Waals surface area contributed by atoms with Crippen LogP contribution in [0.3, 0.4) is 0 Å². The van der Waals surface area contributed by atoms with Crippen molar-refractivity contribution in [3.8, 4) is 11.5 Å². The maximum absolute atomic E-state index is 12.2. The molecule has 3 aromatic rings. The van der Waals surface area contributed by atoms with Crippen LogP contribution in [0.4, 0.5) is 5.69 Å². The van der Waals surface area contributed by atoms with Gasteiger partial charge >= 0.3 is 0 Å². The lowest BCUT2D eigenvalue weighted by atomic mass is 10.2. The first-order chi connectivity index (χ1) is 12.6. The zero-order valence-corrected chi connectivity index (χ0v) is 13.5. The zero-order valence-electron chi connectivity index (χ0n) is 13.5. The van der Waals surface area contributed by atoms with Crippen molar-refractivity contribution in [3.05, 3.63) is 58.3 Å². The topological polar surface area (TPSA) is 109 Å². The average molecular weight is 354 g/mol. The quantitative estimate of drug-likeness (QED) is 0.554. The van der Waals surface area contributed by atoms with Gasteiger partial charge in [0.25, 0.3) is 5.69 Å². The number of fused-ring (bicyclic) bond motifs is 2. The number of non-ortho nitro benzene ring substituents is 1. The van der Waals surface area contributed by atoms with Crippen LogP contribution in [0, 0.1) is 10.1 Å². The summed E-state index contributed by atoms with van der Waals surface area (Å²) in [5.74, 6) is 1.09. The van der Waals surface area contributed by atoms with Crippen LogP contribution in [0.2, 0.25) is 0 Å². The van der Waals surface area contributed by atoms with Crippen molar-refractivity contribution < 1.29 is 19.2 Å². The van der Waals surface area contributed by atoms with Gasteiger partial charge in [-0.1, -0.05) is 6.07 Å². The maximum Gasteiger partial charge on any atom is 0.271 e. The van der Waals surface area contributed by atoms with Gasteiger partial charge in [0.1, 0.15) is 6.54 Å². The third-order valence-electron chi connectivity index (χ3n) is 4.06. The molecule has 2 heterocycles. The molecule has 0 saturated heterocycles. The highest BCUT2D eigenvalue weighted by atomic mass is 16.7. The Kier molecular flexibility index (Phi) is 3.88. The molecule has 0 saturated carbocycles. The van der Waals surface area contributed by atoms with Gasteiger partial charge < -0.3 is 14.8 Å². The molecule has 4 rings (SSSR count). The Bertz CT molecular complexity index is 1010. The Labute approximate surface area is 147 Å². The molecule has 1 amide bonds. The summed E-state index contributed by atoms with van der Waals surface area (Å²) in [4.78, 5) is 22.7. The highest BCUT2D eigenvalue weighted by molar-refractivity contribution is 5.83. The average Bonchev–Trinajstić information content (AvgIpc) is 3.26. The SMILES string of the molecule is O=C(Cn1ncc2ccc([N+](=O)[O-])cc21)NCc1ccc2c(c1)OCO2. The van der Waals surface area contributed by atoms with Crippen molar-refractivity contribution in [3.63, 3.8) is 0 Å². The van der Waals surface area contributed by atoms with Gasteiger partial charge in [0.05, 0.1) is 16.6 Å². The lowest BCUT2D eigenvalue weighted by molar-refractivity contribution is -0.384. The number of aromatic nitrogens is 2. The van der Waals surface area contributed by atoms with E-state index in [1.165, 1.54) is 16.8 Å². The Hall–Kier alpha value is -3.62. The van der Waals surface area contributed by atoms with Crippen molar-refractivity contribution in [1.82, 2.24) is 15.1 Å². The van der Waals surface area contributed by atoms with Crippen molar-refractivity contribution >= 4 is 22.5 Å². The van der Waals surface area contributed by atoms with E-state index in [0.717, 1.165) is 10.9 Å². The van der Waals surface area contributed by atoms with Crippen molar-refractivity contribution in [1.29, 1.82) is 0 Å². The summed E-state index contributed by atoms with van der Waals surface area (Å²) in [6, 6.07) is 9.89. The van der Waals surface area contributed by atoms with E-state index in [4.69, 9.17) is 9.47 Å². The van der Waals surface area contributed by atoms with Crippen LogP contribution in [0.25, 0.3) is 10.9 Å². The minimum atomic E-state index is -0.476. The molecule has 0 radical (unpaired) electrons. The lowest BCUT2D eigenvalue weighted by Gasteiger charge is -2.07. The molecule has 0 atom stereocenters. The minimum absolute atomic E-state index is 0.0325. The van der Waals surface area contributed by atoms with Crippen LogP contribution < -0.4 is 14.8 Å². The van der Waals surface area contributed by atoms with E-state index in [2.05, 4.69) is 10.4 Å². The summed E-state index contributed by atoms with van der Waals surface area (Å²) in [5, 5.41) is 18.6. The normalized spacial score (nSPS) is 12.3. The van der Waals surface area contributed by atoms with Crippen LogP contribution in [-0.4, -0.2) is 27.4 Å². The number of nitrogens with one attached hydrogen (secondary N) is 1. The van der Waals surface area contributed by atoms with Crippen LogP contribution in [0.15, 0.2) is 42.6 Å². The molecule has 0 unspecified atom stereocenters. The monoisotopic (exact) mass is 354 g/mol. The number of carbonyl (C=O) groups is 1. The number of nitro benzene ring substituents is 1. The fourth-order valence-electron chi connectivity index (χ4n) is 2.74. The zero-order chi connectivity index (χ0) is 18.1. The van der Waals surface area contributed by atoms with E-state index in [1.807, 2.05) is 12.1 Å². The Balaban J connectivity index is 1.44. The molecule has 1 aliphatic rings. The number of carbonyl (C=O) groups excluding carboxylic acids is 1. The lowest BCUT2D eigenvalue weighted by Crippen LogP contribution is -2.27. The van der Waals surface area contributed by atoms with Crippen LogP contribution in [0.5, 0.6) is 11.5 Å². The first kappa shape index (κ1) is 15.9. The number of amides is 1. The summed E-state index contributed by atoms with van der Waals surface area (Å²) in [5.41, 5.74) is 1.38. The number of hydrogen-bond acceptors (Lipinski definition) is 6. The van der Waals surface area contributed by atoms with Crippen molar-refractivity contribution in [2.45, 2.75) is 13.1 Å². The molecule has 1 aliphatic heterocycles. The second kappa shape index (κ2) is 6.36. The van der Waals surface area contributed by atoms with Gasteiger partial charge in [0.2, 0.25) is 12.7 Å². The van der Waals surface area contributed by atoms with Crippen molar-refractivity contribution in [2.75, 3.05) is 6.79 Å². The molecule has 9 nitrogen and oxygen atoms in total. The predicted octanol–water partition coefficient (Wildman–Crippen LogP) is 1.99. The molecule has 0 aliphatic carbocycles. The maximum atomic E-state index is 12.2.